The molecule has 1 amide bonds. The van der Waals surface area contributed by atoms with Crippen LogP contribution in [0.1, 0.15) is 26.3 Å². The Morgan fingerprint density at radius 1 is 1.04 bits per heavy atom. The number of anilines is 2. The van der Waals surface area contributed by atoms with Gasteiger partial charge in [0.2, 0.25) is 5.95 Å². The zero-order valence-electron chi connectivity index (χ0n) is 15.0. The number of hydrogen-bond acceptors (Lipinski definition) is 6. The van der Waals surface area contributed by atoms with Crippen LogP contribution in [0.25, 0.3) is 0 Å². The van der Waals surface area contributed by atoms with Crippen molar-refractivity contribution in [3.05, 3.63) is 83.4 Å². The molecule has 0 fully saturated rings. The predicted molar refractivity (Wildman–Crippen MR) is 101 cm³/mol. The Morgan fingerprint density at radius 2 is 1.71 bits per heavy atom. The number of carbonyl (C=O) groups is 2. The minimum absolute atomic E-state index is 0.228. The van der Waals surface area contributed by atoms with Crippen LogP contribution in [0.3, 0.4) is 0 Å². The highest BCUT2D eigenvalue weighted by Crippen LogP contribution is 2.19. The summed E-state index contributed by atoms with van der Waals surface area (Å²) in [5, 5.41) is 5.64. The summed E-state index contributed by atoms with van der Waals surface area (Å²) in [4.78, 5) is 32.2. The van der Waals surface area contributed by atoms with Crippen LogP contribution in [-0.4, -0.2) is 29.0 Å². The molecular formula is C20H17FN4O3. The second-order valence-electron chi connectivity index (χ2n) is 5.77. The quantitative estimate of drug-likeness (QED) is 0.639. The molecule has 0 aliphatic carbocycles. The Labute approximate surface area is 160 Å². The van der Waals surface area contributed by atoms with E-state index in [4.69, 9.17) is 4.74 Å². The first kappa shape index (κ1) is 19.0. The number of benzene rings is 2. The standard InChI is InChI=1S/C20H17FN4O3/c1-28-19(27)16-4-2-3-5-17(16)25-20-23-11-14(12-24-20)18(26)22-10-13-6-8-15(21)9-7-13/h2-9,11-12H,10H2,1H3,(H,22,26)(H,23,24,25). The highest BCUT2D eigenvalue weighted by molar-refractivity contribution is 5.96. The van der Waals surface area contributed by atoms with Crippen molar-refractivity contribution in [2.24, 2.45) is 0 Å². The van der Waals surface area contributed by atoms with Crippen molar-refractivity contribution in [1.82, 2.24) is 15.3 Å². The van der Waals surface area contributed by atoms with Crippen LogP contribution in [0.5, 0.6) is 0 Å². The predicted octanol–water partition coefficient (Wildman–Crippen LogP) is 3.08. The Balaban J connectivity index is 1.64. The number of esters is 1. The van der Waals surface area contributed by atoms with Gasteiger partial charge >= 0.3 is 5.97 Å². The molecule has 0 radical (unpaired) electrons. The molecule has 142 valence electrons. The van der Waals surface area contributed by atoms with Crippen molar-refractivity contribution in [2.45, 2.75) is 6.54 Å². The topological polar surface area (TPSA) is 93.2 Å². The van der Waals surface area contributed by atoms with E-state index in [0.717, 1.165) is 5.56 Å². The number of para-hydroxylation sites is 1. The fraction of sp³-hybridized carbons (Fsp3) is 0.100. The molecule has 0 atom stereocenters. The van der Waals surface area contributed by atoms with Crippen LogP contribution >= 0.6 is 0 Å². The monoisotopic (exact) mass is 380 g/mol. The van der Waals surface area contributed by atoms with Gasteiger partial charge in [0, 0.05) is 18.9 Å². The average molecular weight is 380 g/mol. The van der Waals surface area contributed by atoms with Crippen molar-refractivity contribution < 1.29 is 18.7 Å². The summed E-state index contributed by atoms with van der Waals surface area (Å²) in [6, 6.07) is 12.6. The van der Waals surface area contributed by atoms with Crippen LogP contribution in [0.15, 0.2) is 60.9 Å². The molecule has 0 saturated carbocycles. The molecule has 28 heavy (non-hydrogen) atoms. The number of nitrogens with zero attached hydrogens (tertiary/aromatic N) is 2. The van der Waals surface area contributed by atoms with Crippen molar-refractivity contribution in [3.8, 4) is 0 Å². The van der Waals surface area contributed by atoms with E-state index in [2.05, 4.69) is 20.6 Å². The lowest BCUT2D eigenvalue weighted by molar-refractivity contribution is 0.0601. The van der Waals surface area contributed by atoms with Crippen LogP contribution in [0, 0.1) is 5.82 Å². The molecule has 0 unspecified atom stereocenters. The van der Waals surface area contributed by atoms with E-state index in [9.17, 15) is 14.0 Å². The van der Waals surface area contributed by atoms with Gasteiger partial charge in [0.1, 0.15) is 5.82 Å². The highest BCUT2D eigenvalue weighted by atomic mass is 19.1. The molecular weight excluding hydrogens is 363 g/mol. The molecule has 0 aliphatic heterocycles. The maximum atomic E-state index is 12.9. The third-order valence-corrected chi connectivity index (χ3v) is 3.86. The number of hydrogen-bond donors (Lipinski definition) is 2. The Bertz CT molecular complexity index is 976. The fourth-order valence-electron chi connectivity index (χ4n) is 2.40. The largest absolute Gasteiger partial charge is 0.465 e. The minimum atomic E-state index is -0.486. The first-order valence-corrected chi connectivity index (χ1v) is 8.36. The summed E-state index contributed by atoms with van der Waals surface area (Å²) in [5.41, 5.74) is 1.87. The Kier molecular flexibility index (Phi) is 5.91. The number of ether oxygens (including phenoxy) is 1. The minimum Gasteiger partial charge on any atom is -0.465 e. The van der Waals surface area contributed by atoms with E-state index >= 15 is 0 Å². The lowest BCUT2D eigenvalue weighted by Gasteiger charge is -2.09. The molecule has 1 aromatic heterocycles. The molecule has 3 rings (SSSR count). The van der Waals surface area contributed by atoms with E-state index in [1.807, 2.05) is 0 Å². The summed E-state index contributed by atoms with van der Waals surface area (Å²) in [6.07, 6.45) is 2.74. The van der Waals surface area contributed by atoms with Gasteiger partial charge < -0.3 is 15.4 Å². The molecule has 3 aromatic rings. The van der Waals surface area contributed by atoms with E-state index in [0.29, 0.717) is 11.3 Å². The first-order valence-electron chi connectivity index (χ1n) is 8.36. The van der Waals surface area contributed by atoms with Gasteiger partial charge in [-0.3, -0.25) is 4.79 Å². The number of halogens is 1. The van der Waals surface area contributed by atoms with Gasteiger partial charge in [-0.05, 0) is 29.8 Å². The van der Waals surface area contributed by atoms with E-state index in [1.54, 1.807) is 36.4 Å². The number of carbonyl (C=O) groups excluding carboxylic acids is 2. The molecule has 2 N–H and O–H groups in total. The third-order valence-electron chi connectivity index (χ3n) is 3.86. The Hall–Kier alpha value is -3.81. The van der Waals surface area contributed by atoms with Gasteiger partial charge in [-0.2, -0.15) is 0 Å². The molecule has 1 heterocycles. The molecule has 8 heteroatoms. The molecule has 7 nitrogen and oxygen atoms in total. The average Bonchev–Trinajstić information content (AvgIpc) is 2.73. The van der Waals surface area contributed by atoms with E-state index < -0.39 is 5.97 Å². The van der Waals surface area contributed by atoms with Crippen LogP contribution in [-0.2, 0) is 11.3 Å². The summed E-state index contributed by atoms with van der Waals surface area (Å²) < 4.78 is 17.6. The lowest BCUT2D eigenvalue weighted by atomic mass is 10.2. The Morgan fingerprint density at radius 3 is 2.39 bits per heavy atom. The molecule has 0 bridgehead atoms. The SMILES string of the molecule is COC(=O)c1ccccc1Nc1ncc(C(=O)NCc2ccc(F)cc2)cn1. The van der Waals surface area contributed by atoms with Gasteiger partial charge in [-0.1, -0.05) is 24.3 Å². The van der Waals surface area contributed by atoms with Gasteiger partial charge in [0.25, 0.3) is 5.91 Å². The third kappa shape index (κ3) is 4.67. The zero-order chi connectivity index (χ0) is 19.9. The molecule has 0 aliphatic rings. The highest BCUT2D eigenvalue weighted by Gasteiger charge is 2.12. The second kappa shape index (κ2) is 8.72. The zero-order valence-corrected chi connectivity index (χ0v) is 15.0. The first-order chi connectivity index (χ1) is 13.6. The van der Waals surface area contributed by atoms with E-state index in [-0.39, 0.29) is 29.8 Å². The number of nitrogens with one attached hydrogen (secondary N) is 2. The van der Waals surface area contributed by atoms with Crippen molar-refractivity contribution in [3.63, 3.8) is 0 Å². The lowest BCUT2D eigenvalue weighted by Crippen LogP contribution is -2.23. The van der Waals surface area contributed by atoms with E-state index in [1.165, 1.54) is 31.6 Å². The number of rotatable bonds is 6. The number of aromatic nitrogens is 2. The second-order valence-corrected chi connectivity index (χ2v) is 5.77. The summed E-state index contributed by atoms with van der Waals surface area (Å²) >= 11 is 0. The summed E-state index contributed by atoms with van der Waals surface area (Å²) in [6.45, 7) is 0.256. The van der Waals surface area contributed by atoms with Gasteiger partial charge in [0.05, 0.1) is 23.9 Å². The summed E-state index contributed by atoms with van der Waals surface area (Å²) in [5.74, 6) is -0.947. The van der Waals surface area contributed by atoms with Crippen LogP contribution in [0.2, 0.25) is 0 Å². The van der Waals surface area contributed by atoms with Crippen LogP contribution in [0.4, 0.5) is 16.0 Å². The fourth-order valence-corrected chi connectivity index (χ4v) is 2.40. The van der Waals surface area contributed by atoms with Gasteiger partial charge in [0.15, 0.2) is 0 Å². The van der Waals surface area contributed by atoms with Crippen molar-refractivity contribution >= 4 is 23.5 Å². The van der Waals surface area contributed by atoms with Gasteiger partial charge in [-0.15, -0.1) is 0 Å². The van der Waals surface area contributed by atoms with Crippen LogP contribution < -0.4 is 10.6 Å². The molecule has 0 spiro atoms. The summed E-state index contributed by atoms with van der Waals surface area (Å²) in [7, 11) is 1.30. The normalized spacial score (nSPS) is 10.2. The van der Waals surface area contributed by atoms with Crippen molar-refractivity contribution in [1.29, 1.82) is 0 Å². The van der Waals surface area contributed by atoms with Crippen molar-refractivity contribution in [2.75, 3.05) is 12.4 Å². The molecule has 2 aromatic carbocycles. The maximum absolute atomic E-state index is 12.9. The maximum Gasteiger partial charge on any atom is 0.339 e. The number of methoxy groups -OCH3 is 1. The number of amides is 1. The van der Waals surface area contributed by atoms with Gasteiger partial charge in [-0.25, -0.2) is 19.2 Å². The smallest absolute Gasteiger partial charge is 0.339 e. The molecule has 0 saturated heterocycles.